The van der Waals surface area contributed by atoms with Crippen LogP contribution in [0.4, 0.5) is 0 Å². The van der Waals surface area contributed by atoms with Crippen LogP contribution in [0.15, 0.2) is 0 Å². The highest BCUT2D eigenvalue weighted by Gasteiger charge is 1.82. The van der Waals surface area contributed by atoms with Crippen molar-refractivity contribution in [2.24, 2.45) is 5.84 Å². The summed E-state index contributed by atoms with van der Waals surface area (Å²) in [5.41, 5.74) is 39.9. The molecule has 0 unspecified atom stereocenters. The molecule has 0 aliphatic carbocycles. The van der Waals surface area contributed by atoms with Gasteiger partial charge in [-0.2, -0.15) is 83.0 Å². The molecule has 0 aliphatic rings. The zero-order valence-electron chi connectivity index (χ0n) is 10.3. The highest BCUT2D eigenvalue weighted by atomic mass is 16.0. The Hall–Kier alpha value is -0.680. The van der Waals surface area contributed by atoms with Gasteiger partial charge in [-0.05, 0) is 0 Å². The molecule has 17 heteroatoms. The van der Waals surface area contributed by atoms with E-state index in [9.17, 15) is 0 Å². The normalized spacial score (nSPS) is 11.1. The third-order valence-electron chi connectivity index (χ3n) is 1.15. The monoisotopic (exact) mass is 285 g/mol. The van der Waals surface area contributed by atoms with Crippen LogP contribution >= 0.6 is 0 Å². The lowest BCUT2D eigenvalue weighted by Crippen LogP contribution is -2.68. The number of hydrogen-bond acceptors (Lipinski definition) is 17. The van der Waals surface area contributed by atoms with E-state index in [1.165, 1.54) is 0 Å². The fourth-order valence-corrected chi connectivity index (χ4v) is 0.544. The van der Waals surface area contributed by atoms with Crippen molar-refractivity contribution in [1.29, 1.82) is 0 Å². The zero-order valence-corrected chi connectivity index (χ0v) is 10.3. The first-order chi connectivity index (χ1) is 9.41. The molecule has 0 spiro atoms. The van der Waals surface area contributed by atoms with Crippen LogP contribution in [0.5, 0.6) is 0 Å². The van der Waals surface area contributed by atoms with Crippen LogP contribution in [0.1, 0.15) is 6.92 Å². The lowest BCUT2D eigenvalue weighted by molar-refractivity contribution is 0.202. The second-order valence-corrected chi connectivity index (χ2v) is 2.42. The zero-order chi connectivity index (χ0) is 14.0. The number of hydrogen-bond donors (Lipinski definition) is 17. The maximum absolute atomic E-state index is 4.89. The third-order valence-corrected chi connectivity index (χ3v) is 1.15. The summed E-state index contributed by atoms with van der Waals surface area (Å²) >= 11 is 0. The van der Waals surface area contributed by atoms with Gasteiger partial charge >= 0.3 is 0 Å². The van der Waals surface area contributed by atoms with Crippen molar-refractivity contribution in [3.63, 3.8) is 0 Å². The Labute approximate surface area is 109 Å². The second-order valence-electron chi connectivity index (χ2n) is 2.42. The van der Waals surface area contributed by atoms with Gasteiger partial charge in [-0.25, -0.2) is 5.43 Å². The topological polar surface area (TPSA) is 218 Å². The van der Waals surface area contributed by atoms with E-state index >= 15 is 0 Å². The molecule has 0 bridgehead atoms. The molecule has 18 N–H and O–H groups in total. The van der Waals surface area contributed by atoms with Crippen molar-refractivity contribution < 1.29 is 0 Å². The Balaban J connectivity index is 2.88. The Kier molecular flexibility index (Phi) is 16.7. The summed E-state index contributed by atoms with van der Waals surface area (Å²) < 4.78 is 0. The van der Waals surface area contributed by atoms with Crippen LogP contribution in [0.25, 0.3) is 0 Å². The van der Waals surface area contributed by atoms with Gasteiger partial charge in [-0.15, -0.1) is 0 Å². The van der Waals surface area contributed by atoms with Crippen LogP contribution < -0.4 is 94.3 Å². The van der Waals surface area contributed by atoms with Gasteiger partial charge in [0.1, 0.15) is 0 Å². The number of hydrazine groups is 16. The van der Waals surface area contributed by atoms with Crippen LogP contribution in [-0.2, 0) is 0 Å². The van der Waals surface area contributed by atoms with Gasteiger partial charge in [-0.1, -0.05) is 6.92 Å². The largest absolute Gasteiger partial charge is 0.257 e. The quantitative estimate of drug-likeness (QED) is 0.0718. The summed E-state index contributed by atoms with van der Waals surface area (Å²) in [5.74, 6) is 4.89. The molecule has 0 saturated heterocycles. The number of rotatable bonds is 16. The van der Waals surface area contributed by atoms with Gasteiger partial charge in [0.05, 0.1) is 0 Å². The van der Waals surface area contributed by atoms with Gasteiger partial charge < -0.3 is 0 Å². The second kappa shape index (κ2) is 17.3. The molecule has 17 nitrogen and oxygen atoms in total. The maximum atomic E-state index is 4.89. The molecule has 0 fully saturated rings. The van der Waals surface area contributed by atoms with E-state index in [4.69, 9.17) is 5.84 Å². The lowest BCUT2D eigenvalue weighted by atomic mass is 10.8. The standard InChI is InChI=1S/C2H23N17/c1-2-4-6-8-10-12-14-16-18-19-17-15-13-11-9-7-5-3/h4-19H,2-3H2,1H3. The predicted molar refractivity (Wildman–Crippen MR) is 64.9 cm³/mol. The summed E-state index contributed by atoms with van der Waals surface area (Å²) in [7, 11) is 0. The minimum absolute atomic E-state index is 0.779. The smallest absolute Gasteiger partial charge is 0.00850 e. The molecule has 0 rings (SSSR count). The van der Waals surface area contributed by atoms with Crippen molar-refractivity contribution in [3.05, 3.63) is 0 Å². The Morgan fingerprint density at radius 2 is 0.842 bits per heavy atom. The fraction of sp³-hybridized carbons (Fsp3) is 1.00. The van der Waals surface area contributed by atoms with E-state index in [2.05, 4.69) is 88.4 Å². The molecule has 0 aromatic rings. The summed E-state index contributed by atoms with van der Waals surface area (Å²) in [6.45, 7) is 2.73. The van der Waals surface area contributed by atoms with E-state index in [-0.39, 0.29) is 0 Å². The fourth-order valence-electron chi connectivity index (χ4n) is 0.544. The summed E-state index contributed by atoms with van der Waals surface area (Å²) in [6.07, 6.45) is 0. The highest BCUT2D eigenvalue weighted by Crippen LogP contribution is 1.37. The van der Waals surface area contributed by atoms with Crippen LogP contribution in [0.3, 0.4) is 0 Å². The highest BCUT2D eigenvalue weighted by molar-refractivity contribution is 4.21. The average molecular weight is 285 g/mol. The Morgan fingerprint density at radius 3 is 1.16 bits per heavy atom. The maximum Gasteiger partial charge on any atom is 0.00850 e. The molecule has 0 amide bonds. The molecule has 0 aromatic carbocycles. The summed E-state index contributed by atoms with van der Waals surface area (Å²) in [4.78, 5) is 0. The van der Waals surface area contributed by atoms with E-state index in [0.717, 1.165) is 6.54 Å². The van der Waals surface area contributed by atoms with Gasteiger partial charge in [-0.3, -0.25) is 5.84 Å². The van der Waals surface area contributed by atoms with Crippen LogP contribution in [0.2, 0.25) is 0 Å². The van der Waals surface area contributed by atoms with Gasteiger partial charge in [0.15, 0.2) is 0 Å². The first-order valence-corrected chi connectivity index (χ1v) is 5.10. The first-order valence-electron chi connectivity index (χ1n) is 5.10. The van der Waals surface area contributed by atoms with Crippen molar-refractivity contribution >= 4 is 0 Å². The lowest BCUT2D eigenvalue weighted by Gasteiger charge is -2.14. The van der Waals surface area contributed by atoms with E-state index < -0.39 is 0 Å². The van der Waals surface area contributed by atoms with E-state index in [1.807, 2.05) is 6.92 Å². The number of nitrogens with one attached hydrogen (secondary N) is 16. The molecule has 0 atom stereocenters. The van der Waals surface area contributed by atoms with E-state index in [0.29, 0.717) is 0 Å². The molecule has 0 radical (unpaired) electrons. The molecular formula is C2H23N17. The van der Waals surface area contributed by atoms with Crippen molar-refractivity contribution in [2.45, 2.75) is 6.92 Å². The van der Waals surface area contributed by atoms with Gasteiger partial charge in [0.2, 0.25) is 0 Å². The van der Waals surface area contributed by atoms with Gasteiger partial charge in [0, 0.05) is 6.54 Å². The summed E-state index contributed by atoms with van der Waals surface area (Å²) in [5, 5.41) is 0. The molecule has 116 valence electrons. The van der Waals surface area contributed by atoms with Crippen molar-refractivity contribution in [2.75, 3.05) is 6.54 Å². The first kappa shape index (κ1) is 18.3. The average Bonchev–Trinajstić information content (AvgIpc) is 2.43. The molecule has 0 saturated carbocycles. The molecular weight excluding hydrogens is 262 g/mol. The predicted octanol–water partition coefficient (Wildman–Crippen LogP) is -7.96. The van der Waals surface area contributed by atoms with Crippen LogP contribution in [0, 0.1) is 0 Å². The van der Waals surface area contributed by atoms with Crippen molar-refractivity contribution in [1.82, 2.24) is 88.4 Å². The molecule has 0 aromatic heterocycles. The minimum atomic E-state index is 0.779. The third kappa shape index (κ3) is 17.3. The number of nitrogens with two attached hydrogens (primary N) is 1. The molecule has 0 heterocycles. The Morgan fingerprint density at radius 1 is 0.526 bits per heavy atom. The van der Waals surface area contributed by atoms with E-state index in [1.54, 1.807) is 0 Å². The van der Waals surface area contributed by atoms with Gasteiger partial charge in [0.25, 0.3) is 0 Å². The van der Waals surface area contributed by atoms with Crippen LogP contribution in [-0.4, -0.2) is 6.54 Å². The summed E-state index contributed by atoms with van der Waals surface area (Å²) in [6, 6.07) is 0. The molecule has 19 heavy (non-hydrogen) atoms. The molecule has 0 aliphatic heterocycles. The Bertz CT molecular complexity index is 132. The van der Waals surface area contributed by atoms with Crippen molar-refractivity contribution in [3.8, 4) is 0 Å². The minimum Gasteiger partial charge on any atom is -0.257 e. The SMILES string of the molecule is CCNNNNNNNNNNNNNNNNN.